The number of benzene rings is 1. The van der Waals surface area contributed by atoms with Crippen molar-refractivity contribution in [2.24, 2.45) is 10.9 Å². The van der Waals surface area contributed by atoms with E-state index in [0.29, 0.717) is 13.1 Å². The molecular formula is C22H31FIN5. The Labute approximate surface area is 190 Å². The number of aromatic nitrogens is 1. The zero-order valence-corrected chi connectivity index (χ0v) is 19.5. The predicted octanol–water partition coefficient (Wildman–Crippen LogP) is 3.98. The maximum atomic E-state index is 13.2. The van der Waals surface area contributed by atoms with E-state index in [-0.39, 0.29) is 29.8 Å². The third kappa shape index (κ3) is 7.45. The van der Waals surface area contributed by atoms with Gasteiger partial charge in [-0.05, 0) is 54.5 Å². The average Bonchev–Trinajstić information content (AvgIpc) is 2.72. The SMILES string of the molecule is CN=C(NCCc1cccc(F)c1)NCc1ccc(N2CCC(C)CC2)nc1.I. The maximum Gasteiger partial charge on any atom is 0.191 e. The lowest BCUT2D eigenvalue weighted by molar-refractivity contribution is 0.436. The van der Waals surface area contributed by atoms with E-state index in [1.807, 2.05) is 12.3 Å². The van der Waals surface area contributed by atoms with E-state index in [1.54, 1.807) is 19.2 Å². The normalized spacial score (nSPS) is 15.0. The van der Waals surface area contributed by atoms with Crippen LogP contribution in [0, 0.1) is 11.7 Å². The molecule has 0 saturated carbocycles. The molecule has 1 aliphatic rings. The molecule has 1 aromatic heterocycles. The molecule has 1 saturated heterocycles. The van der Waals surface area contributed by atoms with Crippen LogP contribution < -0.4 is 15.5 Å². The summed E-state index contributed by atoms with van der Waals surface area (Å²) in [6.45, 7) is 5.84. The van der Waals surface area contributed by atoms with Gasteiger partial charge in [-0.1, -0.05) is 25.1 Å². The van der Waals surface area contributed by atoms with E-state index in [4.69, 9.17) is 0 Å². The first-order chi connectivity index (χ1) is 13.6. The molecule has 2 N–H and O–H groups in total. The molecule has 0 amide bonds. The van der Waals surface area contributed by atoms with Crippen LogP contribution in [0.4, 0.5) is 10.2 Å². The molecule has 0 aliphatic carbocycles. The largest absolute Gasteiger partial charge is 0.357 e. The molecule has 1 fully saturated rings. The summed E-state index contributed by atoms with van der Waals surface area (Å²) in [5, 5.41) is 6.56. The number of nitrogens with one attached hydrogen (secondary N) is 2. The molecule has 158 valence electrons. The van der Waals surface area contributed by atoms with Crippen LogP contribution in [0.5, 0.6) is 0 Å². The van der Waals surface area contributed by atoms with E-state index in [9.17, 15) is 4.39 Å². The van der Waals surface area contributed by atoms with E-state index in [2.05, 4.69) is 44.6 Å². The Bertz CT molecular complexity index is 773. The van der Waals surface area contributed by atoms with Crippen LogP contribution in [-0.4, -0.2) is 37.6 Å². The van der Waals surface area contributed by atoms with Crippen LogP contribution >= 0.6 is 24.0 Å². The molecule has 0 spiro atoms. The second-order valence-electron chi connectivity index (χ2n) is 7.43. The van der Waals surface area contributed by atoms with Gasteiger partial charge < -0.3 is 15.5 Å². The first kappa shape index (κ1) is 23.4. The summed E-state index contributed by atoms with van der Waals surface area (Å²) in [5.41, 5.74) is 2.08. The van der Waals surface area contributed by atoms with Gasteiger partial charge in [0.05, 0.1) is 0 Å². The number of pyridine rings is 1. The zero-order valence-electron chi connectivity index (χ0n) is 17.2. The van der Waals surface area contributed by atoms with Crippen molar-refractivity contribution in [2.75, 3.05) is 31.6 Å². The molecular weight excluding hydrogens is 480 g/mol. The van der Waals surface area contributed by atoms with E-state index >= 15 is 0 Å². The van der Waals surface area contributed by atoms with E-state index < -0.39 is 0 Å². The Balaban J connectivity index is 0.00000300. The lowest BCUT2D eigenvalue weighted by Crippen LogP contribution is -2.38. The highest BCUT2D eigenvalue weighted by molar-refractivity contribution is 14.0. The molecule has 0 radical (unpaired) electrons. The molecule has 0 bridgehead atoms. The molecule has 0 atom stereocenters. The number of halogens is 2. The fourth-order valence-electron chi connectivity index (χ4n) is 3.37. The van der Waals surface area contributed by atoms with Crippen molar-refractivity contribution in [1.82, 2.24) is 15.6 Å². The van der Waals surface area contributed by atoms with Gasteiger partial charge in [0.1, 0.15) is 11.6 Å². The Morgan fingerprint density at radius 3 is 2.62 bits per heavy atom. The topological polar surface area (TPSA) is 52.6 Å². The summed E-state index contributed by atoms with van der Waals surface area (Å²) in [4.78, 5) is 11.2. The zero-order chi connectivity index (χ0) is 19.8. The standard InChI is InChI=1S/C22H30FN5.HI/c1-17-9-12-28(13-10-17)21-7-6-19(15-26-21)16-27-22(24-2)25-11-8-18-4-3-5-20(23)14-18;/h3-7,14-15,17H,8-13,16H2,1-2H3,(H2,24,25,27);1H. The number of rotatable bonds is 6. The van der Waals surface area contributed by atoms with Crippen molar-refractivity contribution in [2.45, 2.75) is 32.7 Å². The number of hydrogen-bond acceptors (Lipinski definition) is 3. The fraction of sp³-hybridized carbons (Fsp3) is 0.455. The van der Waals surface area contributed by atoms with Crippen molar-refractivity contribution in [3.8, 4) is 0 Å². The summed E-state index contributed by atoms with van der Waals surface area (Å²) in [6, 6.07) is 10.9. The fourth-order valence-corrected chi connectivity index (χ4v) is 3.37. The summed E-state index contributed by atoms with van der Waals surface area (Å²) in [7, 11) is 1.75. The summed E-state index contributed by atoms with van der Waals surface area (Å²) < 4.78 is 13.2. The van der Waals surface area contributed by atoms with Gasteiger partial charge in [-0.25, -0.2) is 9.37 Å². The van der Waals surface area contributed by atoms with Gasteiger partial charge in [0.2, 0.25) is 0 Å². The minimum absolute atomic E-state index is 0. The molecule has 29 heavy (non-hydrogen) atoms. The van der Waals surface area contributed by atoms with Gasteiger partial charge >= 0.3 is 0 Å². The molecule has 1 aromatic carbocycles. The van der Waals surface area contributed by atoms with E-state index in [1.165, 1.54) is 18.9 Å². The first-order valence-corrected chi connectivity index (χ1v) is 10.0. The summed E-state index contributed by atoms with van der Waals surface area (Å²) >= 11 is 0. The number of anilines is 1. The van der Waals surface area contributed by atoms with Crippen molar-refractivity contribution in [3.05, 3.63) is 59.5 Å². The quantitative estimate of drug-likeness (QED) is 0.350. The van der Waals surface area contributed by atoms with Gasteiger partial charge in [0.15, 0.2) is 5.96 Å². The van der Waals surface area contributed by atoms with Crippen LogP contribution in [0.1, 0.15) is 30.9 Å². The third-order valence-electron chi connectivity index (χ3n) is 5.20. The Kier molecular flexibility index (Phi) is 9.63. The molecule has 2 aromatic rings. The minimum atomic E-state index is -0.199. The van der Waals surface area contributed by atoms with E-state index in [0.717, 1.165) is 48.3 Å². The van der Waals surface area contributed by atoms with Crippen molar-refractivity contribution in [3.63, 3.8) is 0 Å². The van der Waals surface area contributed by atoms with Crippen molar-refractivity contribution >= 4 is 35.8 Å². The Hall–Kier alpha value is -1.90. The Morgan fingerprint density at radius 1 is 1.17 bits per heavy atom. The van der Waals surface area contributed by atoms with Crippen LogP contribution in [0.2, 0.25) is 0 Å². The summed E-state index contributed by atoms with van der Waals surface area (Å²) in [5.74, 6) is 2.41. The molecule has 5 nitrogen and oxygen atoms in total. The number of guanidine groups is 1. The first-order valence-electron chi connectivity index (χ1n) is 10.0. The number of piperidine rings is 1. The minimum Gasteiger partial charge on any atom is -0.357 e. The number of nitrogens with zero attached hydrogens (tertiary/aromatic N) is 3. The van der Waals surface area contributed by atoms with Gasteiger partial charge in [0.25, 0.3) is 0 Å². The molecule has 0 unspecified atom stereocenters. The summed E-state index contributed by atoms with van der Waals surface area (Å²) in [6.07, 6.45) is 5.15. The molecule has 7 heteroatoms. The average molecular weight is 511 g/mol. The monoisotopic (exact) mass is 511 g/mol. The Morgan fingerprint density at radius 2 is 1.97 bits per heavy atom. The predicted molar refractivity (Wildman–Crippen MR) is 129 cm³/mol. The number of aliphatic imine (C=N–C) groups is 1. The highest BCUT2D eigenvalue weighted by atomic mass is 127. The lowest BCUT2D eigenvalue weighted by atomic mass is 9.99. The molecule has 3 rings (SSSR count). The lowest BCUT2D eigenvalue weighted by Gasteiger charge is -2.31. The highest BCUT2D eigenvalue weighted by Crippen LogP contribution is 2.21. The van der Waals surface area contributed by atoms with Gasteiger partial charge in [0, 0.05) is 39.4 Å². The van der Waals surface area contributed by atoms with Gasteiger partial charge in [-0.3, -0.25) is 4.99 Å². The van der Waals surface area contributed by atoms with Crippen LogP contribution in [-0.2, 0) is 13.0 Å². The maximum absolute atomic E-state index is 13.2. The van der Waals surface area contributed by atoms with Crippen molar-refractivity contribution < 1.29 is 4.39 Å². The van der Waals surface area contributed by atoms with Crippen LogP contribution in [0.15, 0.2) is 47.6 Å². The molecule has 2 heterocycles. The number of hydrogen-bond donors (Lipinski definition) is 2. The third-order valence-corrected chi connectivity index (χ3v) is 5.20. The second-order valence-corrected chi connectivity index (χ2v) is 7.43. The van der Waals surface area contributed by atoms with Crippen molar-refractivity contribution in [1.29, 1.82) is 0 Å². The smallest absolute Gasteiger partial charge is 0.191 e. The van der Waals surface area contributed by atoms with Gasteiger partial charge in [-0.2, -0.15) is 0 Å². The second kappa shape index (κ2) is 11.9. The highest BCUT2D eigenvalue weighted by Gasteiger charge is 2.16. The molecule has 1 aliphatic heterocycles. The van der Waals surface area contributed by atoms with Crippen LogP contribution in [0.3, 0.4) is 0 Å². The van der Waals surface area contributed by atoms with Gasteiger partial charge in [-0.15, -0.1) is 24.0 Å². The van der Waals surface area contributed by atoms with Crippen LogP contribution in [0.25, 0.3) is 0 Å².